The normalized spacial score (nSPS) is 12.8. The van der Waals surface area contributed by atoms with Crippen LogP contribution < -0.4 is 0 Å². The average molecular weight is 377 g/mol. The van der Waals surface area contributed by atoms with Gasteiger partial charge in [0.05, 0.1) is 16.3 Å². The summed E-state index contributed by atoms with van der Waals surface area (Å²) in [5.74, 6) is 0. The monoisotopic (exact) mass is 377 g/mol. The molecule has 0 spiro atoms. The summed E-state index contributed by atoms with van der Waals surface area (Å²) in [5.41, 5.74) is 0.320. The predicted octanol–water partition coefficient (Wildman–Crippen LogP) is 5.45. The third-order valence-electron chi connectivity index (χ3n) is 3.87. The standard InChI is InChI=1S/C20H29N2O5/c1-2-19(21(24)25)15-11-8-9-13-17-20(22(26)27)16-12-7-5-3-4-6-10-14-18-23/h7-9,12,15,17H,2-6,10-11,13-14,16H2,1H3/b9-8+,12-7+,19-15-,20-17-. The van der Waals surface area contributed by atoms with Gasteiger partial charge in [0, 0.05) is 12.8 Å². The Bertz CT molecular complexity index is 577. The maximum atomic E-state index is 11.1. The lowest BCUT2D eigenvalue weighted by Gasteiger charge is -1.96. The molecule has 0 aromatic carbocycles. The van der Waals surface area contributed by atoms with Gasteiger partial charge in [0.15, 0.2) is 6.29 Å². The molecule has 0 fully saturated rings. The fraction of sp³-hybridized carbons (Fsp3) is 0.550. The second-order valence-electron chi connectivity index (χ2n) is 5.97. The number of unbranched alkanes of at least 4 members (excludes halogenated alkanes) is 5. The lowest BCUT2D eigenvalue weighted by Crippen LogP contribution is -1.97. The molecule has 0 aliphatic heterocycles. The summed E-state index contributed by atoms with van der Waals surface area (Å²) in [5, 5.41) is 21.7. The van der Waals surface area contributed by atoms with Crippen molar-refractivity contribution in [1.82, 2.24) is 0 Å². The first kappa shape index (κ1) is 24.4. The van der Waals surface area contributed by atoms with E-state index in [4.69, 9.17) is 0 Å². The zero-order valence-electron chi connectivity index (χ0n) is 16.0. The summed E-state index contributed by atoms with van der Waals surface area (Å²) < 4.78 is 0. The molecule has 7 nitrogen and oxygen atoms in total. The number of carbonyl (C=O) groups excluding carboxylic acids is 1. The molecule has 0 aromatic rings. The quantitative estimate of drug-likeness (QED) is 0.154. The van der Waals surface area contributed by atoms with Crippen LogP contribution in [0.25, 0.3) is 0 Å². The Kier molecular flexibility index (Phi) is 15.3. The molecule has 0 aliphatic rings. The topological polar surface area (TPSA) is 103 Å². The van der Waals surface area contributed by atoms with E-state index in [0.717, 1.165) is 32.1 Å². The number of hydrogen-bond donors (Lipinski definition) is 0. The molecule has 0 aromatic heterocycles. The van der Waals surface area contributed by atoms with Crippen molar-refractivity contribution < 1.29 is 14.6 Å². The average Bonchev–Trinajstić information content (AvgIpc) is 2.63. The largest absolute Gasteiger partial charge is 0.291 e. The number of rotatable bonds is 16. The SMILES string of the molecule is CC/C(=C/C/C=C/C/C=C(/C/C=C/CCCCCC[C]=O)[N+](=O)[O-])[N+](=O)[O-]. The zero-order chi connectivity index (χ0) is 20.3. The van der Waals surface area contributed by atoms with Gasteiger partial charge < -0.3 is 0 Å². The fourth-order valence-corrected chi connectivity index (χ4v) is 2.32. The molecule has 0 amide bonds. The first-order valence-electron chi connectivity index (χ1n) is 9.34. The van der Waals surface area contributed by atoms with Crippen LogP contribution in [0.4, 0.5) is 0 Å². The molecule has 0 aliphatic carbocycles. The Balaban J connectivity index is 4.19. The van der Waals surface area contributed by atoms with Crippen molar-refractivity contribution in [2.75, 3.05) is 0 Å². The van der Waals surface area contributed by atoms with Crippen LogP contribution in [0.2, 0.25) is 0 Å². The van der Waals surface area contributed by atoms with Crippen LogP contribution in [-0.2, 0) is 4.79 Å². The van der Waals surface area contributed by atoms with Crippen molar-refractivity contribution in [2.24, 2.45) is 0 Å². The van der Waals surface area contributed by atoms with Crippen LogP contribution in [0, 0.1) is 20.2 Å². The number of allylic oxidation sites excluding steroid dienone is 7. The van der Waals surface area contributed by atoms with Gasteiger partial charge in [-0.3, -0.25) is 25.0 Å². The highest BCUT2D eigenvalue weighted by atomic mass is 16.6. The van der Waals surface area contributed by atoms with Gasteiger partial charge in [-0.1, -0.05) is 44.1 Å². The Morgan fingerprint density at radius 1 is 0.852 bits per heavy atom. The molecular formula is C20H29N2O5. The highest BCUT2D eigenvalue weighted by molar-refractivity contribution is 5.50. The fourth-order valence-electron chi connectivity index (χ4n) is 2.32. The lowest BCUT2D eigenvalue weighted by atomic mass is 10.1. The highest BCUT2D eigenvalue weighted by Crippen LogP contribution is 2.09. The van der Waals surface area contributed by atoms with Crippen LogP contribution in [0.15, 0.2) is 47.9 Å². The summed E-state index contributed by atoms with van der Waals surface area (Å²) in [4.78, 5) is 31.0. The lowest BCUT2D eigenvalue weighted by molar-refractivity contribution is -0.427. The van der Waals surface area contributed by atoms with Crippen LogP contribution in [-0.4, -0.2) is 16.1 Å². The van der Waals surface area contributed by atoms with Crippen molar-refractivity contribution >= 4 is 6.29 Å². The molecule has 0 rings (SSSR count). The van der Waals surface area contributed by atoms with Crippen LogP contribution in [0.5, 0.6) is 0 Å². The Morgan fingerprint density at radius 3 is 2.00 bits per heavy atom. The second-order valence-corrected chi connectivity index (χ2v) is 5.97. The van der Waals surface area contributed by atoms with E-state index >= 15 is 0 Å². The van der Waals surface area contributed by atoms with Gasteiger partial charge in [0.25, 0.3) is 0 Å². The molecule has 27 heavy (non-hydrogen) atoms. The van der Waals surface area contributed by atoms with Gasteiger partial charge in [0.2, 0.25) is 11.4 Å². The van der Waals surface area contributed by atoms with Crippen LogP contribution in [0.1, 0.15) is 71.1 Å². The molecule has 0 atom stereocenters. The molecule has 0 bridgehead atoms. The summed E-state index contributed by atoms with van der Waals surface area (Å²) in [6.07, 6.45) is 19.1. The van der Waals surface area contributed by atoms with Crippen molar-refractivity contribution in [2.45, 2.75) is 71.1 Å². The van der Waals surface area contributed by atoms with Crippen molar-refractivity contribution in [3.8, 4) is 0 Å². The minimum Gasteiger partial charge on any atom is -0.291 e. The van der Waals surface area contributed by atoms with Gasteiger partial charge >= 0.3 is 0 Å². The molecular weight excluding hydrogens is 348 g/mol. The van der Waals surface area contributed by atoms with Gasteiger partial charge in [-0.2, -0.15) is 0 Å². The van der Waals surface area contributed by atoms with Crippen molar-refractivity contribution in [3.63, 3.8) is 0 Å². The minimum absolute atomic E-state index is 0.146. The summed E-state index contributed by atoms with van der Waals surface area (Å²) >= 11 is 0. The summed E-state index contributed by atoms with van der Waals surface area (Å²) in [6.45, 7) is 1.73. The zero-order valence-corrected chi connectivity index (χ0v) is 16.0. The van der Waals surface area contributed by atoms with E-state index in [2.05, 4.69) is 0 Å². The highest BCUT2D eigenvalue weighted by Gasteiger charge is 2.06. The van der Waals surface area contributed by atoms with Crippen LogP contribution in [0.3, 0.4) is 0 Å². The molecule has 0 saturated heterocycles. The molecule has 1 radical (unpaired) electrons. The van der Waals surface area contributed by atoms with E-state index in [0.29, 0.717) is 25.7 Å². The van der Waals surface area contributed by atoms with Crippen molar-refractivity contribution in [3.05, 3.63) is 68.1 Å². The third kappa shape index (κ3) is 14.3. The van der Waals surface area contributed by atoms with Gasteiger partial charge in [-0.15, -0.1) is 0 Å². The van der Waals surface area contributed by atoms with E-state index in [-0.39, 0.29) is 22.7 Å². The maximum absolute atomic E-state index is 11.1. The summed E-state index contributed by atoms with van der Waals surface area (Å²) in [7, 11) is 0. The Labute approximate surface area is 160 Å². The Morgan fingerprint density at radius 2 is 1.44 bits per heavy atom. The van der Waals surface area contributed by atoms with E-state index in [1.54, 1.807) is 31.2 Å². The molecule has 7 heteroatoms. The Hall–Kier alpha value is -2.57. The molecule has 0 N–H and O–H groups in total. The van der Waals surface area contributed by atoms with Crippen LogP contribution >= 0.6 is 0 Å². The van der Waals surface area contributed by atoms with E-state index < -0.39 is 4.92 Å². The van der Waals surface area contributed by atoms with E-state index in [1.807, 2.05) is 18.4 Å². The maximum Gasteiger partial charge on any atom is 0.246 e. The molecule has 149 valence electrons. The second kappa shape index (κ2) is 16.9. The number of nitrogens with zero attached hydrogens (tertiary/aromatic N) is 2. The molecule has 0 unspecified atom stereocenters. The molecule has 0 saturated carbocycles. The first-order chi connectivity index (χ1) is 13.0. The van der Waals surface area contributed by atoms with Gasteiger partial charge in [-0.05, 0) is 44.3 Å². The predicted molar refractivity (Wildman–Crippen MR) is 106 cm³/mol. The van der Waals surface area contributed by atoms with Gasteiger partial charge in [0.1, 0.15) is 0 Å². The van der Waals surface area contributed by atoms with E-state index in [9.17, 15) is 25.0 Å². The number of hydrogen-bond acceptors (Lipinski definition) is 5. The van der Waals surface area contributed by atoms with Gasteiger partial charge in [-0.25, -0.2) is 0 Å². The first-order valence-corrected chi connectivity index (χ1v) is 9.34. The summed E-state index contributed by atoms with van der Waals surface area (Å²) in [6, 6.07) is 0. The third-order valence-corrected chi connectivity index (χ3v) is 3.87. The smallest absolute Gasteiger partial charge is 0.246 e. The minimum atomic E-state index is -0.394. The van der Waals surface area contributed by atoms with Crippen molar-refractivity contribution in [1.29, 1.82) is 0 Å². The number of nitro groups is 2. The molecule has 0 heterocycles. The van der Waals surface area contributed by atoms with E-state index in [1.165, 1.54) is 0 Å².